The minimum absolute atomic E-state index is 0. The second-order valence-corrected chi connectivity index (χ2v) is 4.76. The number of carbonyl (C=O) groups excluding carboxylic acids is 1. The number of benzene rings is 1. The van der Waals surface area contributed by atoms with E-state index in [2.05, 4.69) is 5.32 Å². The van der Waals surface area contributed by atoms with Gasteiger partial charge in [0.15, 0.2) is 0 Å². The summed E-state index contributed by atoms with van der Waals surface area (Å²) in [6, 6.07) is 5.14. The Labute approximate surface area is 131 Å². The van der Waals surface area contributed by atoms with E-state index in [0.717, 1.165) is 13.0 Å². The van der Waals surface area contributed by atoms with Crippen molar-refractivity contribution in [2.45, 2.75) is 13.3 Å². The maximum Gasteiger partial charge on any atom is 0.257 e. The van der Waals surface area contributed by atoms with Crippen molar-refractivity contribution in [1.29, 1.82) is 0 Å². The number of likely N-dealkylation sites (N-methyl/N-ethyl adjacent to an activating group) is 2. The Hall–Kier alpha value is -0.970. The lowest BCUT2D eigenvalue weighted by Crippen LogP contribution is -2.33. The fraction of sp³-hybridized carbons (Fsp3) is 0.500. The molecule has 0 heterocycles. The van der Waals surface area contributed by atoms with Crippen molar-refractivity contribution in [2.24, 2.45) is 0 Å². The number of amides is 1. The number of hydrogen-bond acceptors (Lipinski definition) is 3. The molecule has 0 unspecified atom stereocenters. The van der Waals surface area contributed by atoms with Gasteiger partial charge in [0.25, 0.3) is 5.91 Å². The van der Waals surface area contributed by atoms with Crippen LogP contribution in [-0.2, 0) is 0 Å². The zero-order valence-electron chi connectivity index (χ0n) is 12.1. The summed E-state index contributed by atoms with van der Waals surface area (Å²) < 4.78 is 5.60. The molecule has 6 heteroatoms. The number of nitrogens with one attached hydrogen (secondary N) is 1. The molecule has 0 saturated carbocycles. The molecular weight excluding hydrogens is 299 g/mol. The van der Waals surface area contributed by atoms with E-state index in [0.29, 0.717) is 29.5 Å². The first kappa shape index (κ1) is 19.0. The van der Waals surface area contributed by atoms with E-state index in [4.69, 9.17) is 16.3 Å². The van der Waals surface area contributed by atoms with Gasteiger partial charge in [-0.15, -0.1) is 12.4 Å². The molecule has 1 rings (SSSR count). The minimum Gasteiger partial charge on any atom is -0.493 e. The monoisotopic (exact) mass is 320 g/mol. The Morgan fingerprint density at radius 1 is 1.45 bits per heavy atom. The van der Waals surface area contributed by atoms with Crippen LogP contribution < -0.4 is 10.1 Å². The third-order valence-corrected chi connectivity index (χ3v) is 2.91. The van der Waals surface area contributed by atoms with Crippen LogP contribution in [0.5, 0.6) is 5.75 Å². The van der Waals surface area contributed by atoms with Crippen molar-refractivity contribution in [1.82, 2.24) is 10.2 Å². The van der Waals surface area contributed by atoms with Gasteiger partial charge in [-0.05, 0) is 31.7 Å². The number of hydrogen-bond donors (Lipinski definition) is 1. The number of rotatable bonds is 7. The van der Waals surface area contributed by atoms with Crippen LogP contribution in [-0.4, -0.2) is 44.6 Å². The van der Waals surface area contributed by atoms with Crippen molar-refractivity contribution >= 4 is 29.9 Å². The standard InChI is InChI=1S/C14H21ClN2O2.ClH/c1-4-9-19-13-6-5-11(15)10-12(13)14(18)17(3)8-7-16-2;/h5-6,10,16H,4,7-9H2,1-3H3;1H. The molecule has 0 aromatic heterocycles. The highest BCUT2D eigenvalue weighted by Gasteiger charge is 2.17. The summed E-state index contributed by atoms with van der Waals surface area (Å²) in [4.78, 5) is 14.0. The first-order chi connectivity index (χ1) is 9.10. The van der Waals surface area contributed by atoms with Gasteiger partial charge in [0.1, 0.15) is 5.75 Å². The number of nitrogens with zero attached hydrogens (tertiary/aromatic N) is 1. The Kier molecular flexibility index (Phi) is 9.38. The van der Waals surface area contributed by atoms with Gasteiger partial charge in [0.05, 0.1) is 12.2 Å². The highest BCUT2D eigenvalue weighted by atomic mass is 35.5. The van der Waals surface area contributed by atoms with E-state index < -0.39 is 0 Å². The molecule has 114 valence electrons. The van der Waals surface area contributed by atoms with Gasteiger partial charge in [-0.3, -0.25) is 4.79 Å². The van der Waals surface area contributed by atoms with Crippen LogP contribution in [0.4, 0.5) is 0 Å². The van der Waals surface area contributed by atoms with Gasteiger partial charge >= 0.3 is 0 Å². The van der Waals surface area contributed by atoms with Crippen molar-refractivity contribution in [2.75, 3.05) is 33.8 Å². The Morgan fingerprint density at radius 3 is 2.75 bits per heavy atom. The zero-order chi connectivity index (χ0) is 14.3. The molecule has 0 radical (unpaired) electrons. The van der Waals surface area contributed by atoms with Crippen molar-refractivity contribution in [3.63, 3.8) is 0 Å². The van der Waals surface area contributed by atoms with E-state index in [1.165, 1.54) is 0 Å². The van der Waals surface area contributed by atoms with Crippen molar-refractivity contribution in [3.05, 3.63) is 28.8 Å². The van der Waals surface area contributed by atoms with Gasteiger partial charge in [0.2, 0.25) is 0 Å². The molecule has 0 bridgehead atoms. The zero-order valence-corrected chi connectivity index (χ0v) is 13.7. The first-order valence-corrected chi connectivity index (χ1v) is 6.80. The average molecular weight is 321 g/mol. The lowest BCUT2D eigenvalue weighted by molar-refractivity contribution is 0.0792. The lowest BCUT2D eigenvalue weighted by atomic mass is 10.1. The Bertz CT molecular complexity index is 428. The molecule has 0 fully saturated rings. The molecule has 0 spiro atoms. The topological polar surface area (TPSA) is 41.6 Å². The molecule has 1 aromatic rings. The number of halogens is 2. The first-order valence-electron chi connectivity index (χ1n) is 6.42. The largest absolute Gasteiger partial charge is 0.493 e. The summed E-state index contributed by atoms with van der Waals surface area (Å²) in [7, 11) is 3.62. The van der Waals surface area contributed by atoms with Crippen LogP contribution >= 0.6 is 24.0 Å². The highest BCUT2D eigenvalue weighted by molar-refractivity contribution is 6.31. The fourth-order valence-corrected chi connectivity index (χ4v) is 1.77. The molecule has 4 nitrogen and oxygen atoms in total. The van der Waals surface area contributed by atoms with Gasteiger partial charge in [0, 0.05) is 25.2 Å². The normalized spacial score (nSPS) is 9.80. The predicted octanol–water partition coefficient (Wildman–Crippen LogP) is 2.84. The number of ether oxygens (including phenoxy) is 1. The van der Waals surface area contributed by atoms with Gasteiger partial charge in [-0.2, -0.15) is 0 Å². The molecule has 1 amide bonds. The molecule has 1 N–H and O–H groups in total. The maximum atomic E-state index is 12.3. The maximum absolute atomic E-state index is 12.3. The molecule has 0 atom stereocenters. The summed E-state index contributed by atoms with van der Waals surface area (Å²) in [5.74, 6) is 0.511. The molecule has 0 saturated heterocycles. The van der Waals surface area contributed by atoms with E-state index in [-0.39, 0.29) is 18.3 Å². The van der Waals surface area contributed by atoms with Gasteiger partial charge < -0.3 is 15.0 Å². The third kappa shape index (κ3) is 5.57. The Morgan fingerprint density at radius 2 is 2.15 bits per heavy atom. The van der Waals surface area contributed by atoms with Crippen molar-refractivity contribution in [3.8, 4) is 5.75 Å². The van der Waals surface area contributed by atoms with Gasteiger partial charge in [-0.25, -0.2) is 0 Å². The summed E-state index contributed by atoms with van der Waals surface area (Å²) >= 11 is 5.97. The molecule has 0 aliphatic rings. The van der Waals surface area contributed by atoms with Crippen molar-refractivity contribution < 1.29 is 9.53 Å². The summed E-state index contributed by atoms with van der Waals surface area (Å²) in [6.07, 6.45) is 0.895. The third-order valence-electron chi connectivity index (χ3n) is 2.68. The fourth-order valence-electron chi connectivity index (χ4n) is 1.59. The summed E-state index contributed by atoms with van der Waals surface area (Å²) in [5, 5.41) is 3.55. The second-order valence-electron chi connectivity index (χ2n) is 4.32. The van der Waals surface area contributed by atoms with Crippen LogP contribution in [0.25, 0.3) is 0 Å². The van der Waals surface area contributed by atoms with Crippen LogP contribution in [0.1, 0.15) is 23.7 Å². The molecule has 1 aromatic carbocycles. The second kappa shape index (κ2) is 9.86. The lowest BCUT2D eigenvalue weighted by Gasteiger charge is -2.19. The predicted molar refractivity (Wildman–Crippen MR) is 85.4 cm³/mol. The van der Waals surface area contributed by atoms with Crippen LogP contribution in [0, 0.1) is 0 Å². The van der Waals surface area contributed by atoms with E-state index in [1.54, 1.807) is 30.1 Å². The summed E-state index contributed by atoms with van der Waals surface area (Å²) in [6.45, 7) is 3.99. The van der Waals surface area contributed by atoms with Gasteiger partial charge in [-0.1, -0.05) is 18.5 Å². The molecule has 0 aliphatic heterocycles. The Balaban J connectivity index is 0.00000361. The van der Waals surface area contributed by atoms with Crippen LogP contribution in [0.2, 0.25) is 5.02 Å². The average Bonchev–Trinajstić information content (AvgIpc) is 2.42. The molecule has 20 heavy (non-hydrogen) atoms. The molecule has 0 aliphatic carbocycles. The van der Waals surface area contributed by atoms with Crippen LogP contribution in [0.15, 0.2) is 18.2 Å². The quantitative estimate of drug-likeness (QED) is 0.840. The van der Waals surface area contributed by atoms with E-state index in [1.807, 2.05) is 14.0 Å². The SMILES string of the molecule is CCCOc1ccc(Cl)cc1C(=O)N(C)CCNC.Cl. The number of carbonyl (C=O) groups is 1. The molecular formula is C14H22Cl2N2O2. The van der Waals surface area contributed by atoms with Crippen LogP contribution in [0.3, 0.4) is 0 Å². The minimum atomic E-state index is -0.0798. The van der Waals surface area contributed by atoms with E-state index >= 15 is 0 Å². The van der Waals surface area contributed by atoms with E-state index in [9.17, 15) is 4.79 Å². The summed E-state index contributed by atoms with van der Waals surface area (Å²) in [5.41, 5.74) is 0.513. The smallest absolute Gasteiger partial charge is 0.257 e. The highest BCUT2D eigenvalue weighted by Crippen LogP contribution is 2.24.